The molecule has 2 aromatic carbocycles. The standard InChI is InChI=1S/C21H25FN2O3/c1-4-23-21(26)15(2)24(14-17-5-9-18(22)10-6-17)20(25)13-16-7-11-19(27-3)12-8-16/h5-12,15H,4,13-14H2,1-3H3,(H,23,26). The van der Waals surface area contributed by atoms with Crippen LogP contribution in [0.2, 0.25) is 0 Å². The number of nitrogens with zero attached hydrogens (tertiary/aromatic N) is 1. The molecule has 1 N–H and O–H groups in total. The molecule has 0 radical (unpaired) electrons. The van der Waals surface area contributed by atoms with E-state index in [1.807, 2.05) is 19.1 Å². The van der Waals surface area contributed by atoms with E-state index >= 15 is 0 Å². The summed E-state index contributed by atoms with van der Waals surface area (Å²) in [6, 6.07) is 12.5. The lowest BCUT2D eigenvalue weighted by Crippen LogP contribution is -2.48. The van der Waals surface area contributed by atoms with E-state index in [9.17, 15) is 14.0 Å². The van der Waals surface area contributed by atoms with E-state index in [4.69, 9.17) is 4.74 Å². The number of benzene rings is 2. The zero-order chi connectivity index (χ0) is 19.8. The van der Waals surface area contributed by atoms with E-state index in [0.29, 0.717) is 12.3 Å². The van der Waals surface area contributed by atoms with Crippen LogP contribution in [-0.4, -0.2) is 36.4 Å². The quantitative estimate of drug-likeness (QED) is 0.775. The molecule has 0 bridgehead atoms. The molecular formula is C21H25FN2O3. The second-order valence-corrected chi connectivity index (χ2v) is 6.24. The highest BCUT2D eigenvalue weighted by Gasteiger charge is 2.25. The van der Waals surface area contributed by atoms with Gasteiger partial charge in [0.1, 0.15) is 17.6 Å². The predicted molar refractivity (Wildman–Crippen MR) is 102 cm³/mol. The number of hydrogen-bond donors (Lipinski definition) is 1. The van der Waals surface area contributed by atoms with Crippen molar-refractivity contribution in [2.45, 2.75) is 32.9 Å². The Kier molecular flexibility index (Phi) is 7.34. The molecule has 1 atom stereocenters. The number of nitrogens with one attached hydrogen (secondary N) is 1. The van der Waals surface area contributed by atoms with E-state index in [2.05, 4.69) is 5.32 Å². The van der Waals surface area contributed by atoms with Crippen molar-refractivity contribution in [1.82, 2.24) is 10.2 Å². The van der Waals surface area contributed by atoms with Crippen LogP contribution in [0, 0.1) is 5.82 Å². The second-order valence-electron chi connectivity index (χ2n) is 6.24. The summed E-state index contributed by atoms with van der Waals surface area (Å²) in [6.45, 7) is 4.24. The number of rotatable bonds is 8. The lowest BCUT2D eigenvalue weighted by molar-refractivity contribution is -0.140. The van der Waals surface area contributed by atoms with Crippen molar-refractivity contribution in [3.8, 4) is 5.75 Å². The summed E-state index contributed by atoms with van der Waals surface area (Å²) >= 11 is 0. The van der Waals surface area contributed by atoms with Gasteiger partial charge in [-0.05, 0) is 49.2 Å². The summed E-state index contributed by atoms with van der Waals surface area (Å²) in [5.41, 5.74) is 1.59. The van der Waals surface area contributed by atoms with Crippen molar-refractivity contribution in [3.63, 3.8) is 0 Å². The fourth-order valence-electron chi connectivity index (χ4n) is 2.71. The molecule has 6 heteroatoms. The van der Waals surface area contributed by atoms with Crippen LogP contribution < -0.4 is 10.1 Å². The molecule has 0 saturated carbocycles. The molecule has 1 unspecified atom stereocenters. The van der Waals surface area contributed by atoms with Gasteiger partial charge in [-0.15, -0.1) is 0 Å². The number of carbonyl (C=O) groups excluding carboxylic acids is 2. The Labute approximate surface area is 159 Å². The van der Waals surface area contributed by atoms with Gasteiger partial charge >= 0.3 is 0 Å². The average Bonchev–Trinajstić information content (AvgIpc) is 2.67. The lowest BCUT2D eigenvalue weighted by Gasteiger charge is -2.29. The molecule has 0 spiro atoms. The summed E-state index contributed by atoms with van der Waals surface area (Å²) in [6.07, 6.45) is 0.162. The van der Waals surface area contributed by atoms with Gasteiger partial charge in [0.2, 0.25) is 11.8 Å². The third-order valence-corrected chi connectivity index (χ3v) is 4.30. The third-order valence-electron chi connectivity index (χ3n) is 4.30. The maximum absolute atomic E-state index is 13.2. The monoisotopic (exact) mass is 372 g/mol. The SMILES string of the molecule is CCNC(=O)C(C)N(Cc1ccc(F)cc1)C(=O)Cc1ccc(OC)cc1. The molecule has 0 fully saturated rings. The smallest absolute Gasteiger partial charge is 0.242 e. The van der Waals surface area contributed by atoms with Gasteiger partial charge in [0.15, 0.2) is 0 Å². The van der Waals surface area contributed by atoms with Crippen molar-refractivity contribution in [2.75, 3.05) is 13.7 Å². The molecule has 0 saturated heterocycles. The number of carbonyl (C=O) groups is 2. The molecule has 2 rings (SSSR count). The van der Waals surface area contributed by atoms with Crippen LogP contribution in [0.3, 0.4) is 0 Å². The molecule has 144 valence electrons. The Morgan fingerprint density at radius 2 is 1.67 bits per heavy atom. The van der Waals surface area contributed by atoms with Crippen LogP contribution in [-0.2, 0) is 22.6 Å². The Balaban J connectivity index is 2.19. The number of hydrogen-bond acceptors (Lipinski definition) is 3. The maximum atomic E-state index is 13.2. The molecule has 2 aromatic rings. The zero-order valence-electron chi connectivity index (χ0n) is 15.9. The highest BCUT2D eigenvalue weighted by Crippen LogP contribution is 2.15. The van der Waals surface area contributed by atoms with Crippen LogP contribution in [0.25, 0.3) is 0 Å². The molecule has 0 aliphatic heterocycles. The molecule has 5 nitrogen and oxygen atoms in total. The Morgan fingerprint density at radius 3 is 2.22 bits per heavy atom. The van der Waals surface area contributed by atoms with Gasteiger partial charge in [-0.1, -0.05) is 24.3 Å². The van der Waals surface area contributed by atoms with Crippen molar-refractivity contribution < 1.29 is 18.7 Å². The van der Waals surface area contributed by atoms with Crippen molar-refractivity contribution in [2.24, 2.45) is 0 Å². The van der Waals surface area contributed by atoms with Gasteiger partial charge < -0.3 is 15.0 Å². The zero-order valence-corrected chi connectivity index (χ0v) is 15.9. The molecule has 0 aliphatic carbocycles. The summed E-state index contributed by atoms with van der Waals surface area (Å²) in [5, 5.41) is 2.75. The number of methoxy groups -OCH3 is 1. The summed E-state index contributed by atoms with van der Waals surface area (Å²) in [4.78, 5) is 26.7. The lowest BCUT2D eigenvalue weighted by atomic mass is 10.1. The highest BCUT2D eigenvalue weighted by atomic mass is 19.1. The summed E-state index contributed by atoms with van der Waals surface area (Å²) in [5.74, 6) is -0.0253. The van der Waals surface area contributed by atoms with E-state index < -0.39 is 6.04 Å². The predicted octanol–water partition coefficient (Wildman–Crippen LogP) is 2.93. The van der Waals surface area contributed by atoms with Gasteiger partial charge in [-0.2, -0.15) is 0 Å². The molecule has 27 heavy (non-hydrogen) atoms. The van der Waals surface area contributed by atoms with Gasteiger partial charge in [-0.3, -0.25) is 9.59 Å². The van der Waals surface area contributed by atoms with E-state index in [0.717, 1.165) is 11.1 Å². The van der Waals surface area contributed by atoms with Crippen molar-refractivity contribution in [3.05, 3.63) is 65.5 Å². The van der Waals surface area contributed by atoms with Crippen molar-refractivity contribution >= 4 is 11.8 Å². The molecular weight excluding hydrogens is 347 g/mol. The van der Waals surface area contributed by atoms with Crippen LogP contribution >= 0.6 is 0 Å². The Hall–Kier alpha value is -2.89. The number of halogens is 1. The molecule has 0 aromatic heterocycles. The topological polar surface area (TPSA) is 58.6 Å². The minimum absolute atomic E-state index is 0.162. The highest BCUT2D eigenvalue weighted by molar-refractivity contribution is 5.88. The van der Waals surface area contributed by atoms with Gasteiger partial charge in [-0.25, -0.2) is 4.39 Å². The van der Waals surface area contributed by atoms with Crippen molar-refractivity contribution in [1.29, 1.82) is 0 Å². The second kappa shape index (κ2) is 9.71. The van der Waals surface area contributed by atoms with Gasteiger partial charge in [0.05, 0.1) is 13.5 Å². The van der Waals surface area contributed by atoms with E-state index in [1.165, 1.54) is 17.0 Å². The fraction of sp³-hybridized carbons (Fsp3) is 0.333. The molecule has 0 heterocycles. The third kappa shape index (κ3) is 5.81. The summed E-state index contributed by atoms with van der Waals surface area (Å²) < 4.78 is 18.3. The number of amides is 2. The number of ether oxygens (including phenoxy) is 1. The van der Waals surface area contributed by atoms with Gasteiger partial charge in [0, 0.05) is 13.1 Å². The molecule has 2 amide bonds. The first-order valence-electron chi connectivity index (χ1n) is 8.89. The molecule has 0 aliphatic rings. The average molecular weight is 372 g/mol. The Morgan fingerprint density at radius 1 is 1.07 bits per heavy atom. The van der Waals surface area contributed by atoms with Crippen LogP contribution in [0.5, 0.6) is 5.75 Å². The maximum Gasteiger partial charge on any atom is 0.242 e. The van der Waals surface area contributed by atoms with Crippen LogP contribution in [0.15, 0.2) is 48.5 Å². The summed E-state index contributed by atoms with van der Waals surface area (Å²) in [7, 11) is 1.58. The van der Waals surface area contributed by atoms with Crippen LogP contribution in [0.4, 0.5) is 4.39 Å². The Bertz CT molecular complexity index is 760. The minimum atomic E-state index is -0.638. The van der Waals surface area contributed by atoms with Crippen LogP contribution in [0.1, 0.15) is 25.0 Å². The first-order chi connectivity index (χ1) is 12.9. The first kappa shape index (κ1) is 20.4. The van der Waals surface area contributed by atoms with E-state index in [-0.39, 0.29) is 30.6 Å². The first-order valence-corrected chi connectivity index (χ1v) is 8.89. The fourth-order valence-corrected chi connectivity index (χ4v) is 2.71. The normalized spacial score (nSPS) is 11.6. The van der Waals surface area contributed by atoms with E-state index in [1.54, 1.807) is 38.3 Å². The number of likely N-dealkylation sites (N-methyl/N-ethyl adjacent to an activating group) is 1. The largest absolute Gasteiger partial charge is 0.497 e. The van der Waals surface area contributed by atoms with Gasteiger partial charge in [0.25, 0.3) is 0 Å². The minimum Gasteiger partial charge on any atom is -0.497 e.